The van der Waals surface area contributed by atoms with Crippen LogP contribution in [0.15, 0.2) is 18.2 Å². The molecule has 0 heterocycles. The fraction of sp³-hybridized carbons (Fsp3) is 0.538. The van der Waals surface area contributed by atoms with Crippen LogP contribution in [0.3, 0.4) is 0 Å². The van der Waals surface area contributed by atoms with Crippen LogP contribution in [0.25, 0.3) is 0 Å². The molecule has 16 heavy (non-hydrogen) atoms. The fourth-order valence-electron chi connectivity index (χ4n) is 1.61. The highest BCUT2D eigenvalue weighted by atomic mass is 19.1. The predicted molar refractivity (Wildman–Crippen MR) is 62.2 cm³/mol. The summed E-state index contributed by atoms with van der Waals surface area (Å²) < 4.78 is 26.8. The van der Waals surface area contributed by atoms with Crippen LogP contribution in [0.1, 0.15) is 38.8 Å². The summed E-state index contributed by atoms with van der Waals surface area (Å²) in [6.45, 7) is 6.79. The molecule has 90 valence electrons. The second-order valence-corrected chi connectivity index (χ2v) is 4.49. The monoisotopic (exact) mass is 227 g/mol. The van der Waals surface area contributed by atoms with Crippen molar-refractivity contribution in [1.29, 1.82) is 0 Å². The Morgan fingerprint density at radius 3 is 2.19 bits per heavy atom. The number of halogens is 2. The van der Waals surface area contributed by atoms with Gasteiger partial charge < -0.3 is 5.32 Å². The van der Waals surface area contributed by atoms with Gasteiger partial charge in [-0.3, -0.25) is 0 Å². The molecule has 1 atom stereocenters. The number of nitrogens with one attached hydrogen (secondary N) is 1. The van der Waals surface area contributed by atoms with Gasteiger partial charge in [-0.2, -0.15) is 0 Å². The molecule has 0 aliphatic carbocycles. The van der Waals surface area contributed by atoms with Crippen LogP contribution >= 0.6 is 0 Å². The lowest BCUT2D eigenvalue weighted by Gasteiger charge is -2.16. The van der Waals surface area contributed by atoms with Crippen molar-refractivity contribution in [2.75, 3.05) is 6.54 Å². The largest absolute Gasteiger partial charge is 0.310 e. The summed E-state index contributed by atoms with van der Waals surface area (Å²) >= 11 is 0. The highest BCUT2D eigenvalue weighted by Gasteiger charge is 2.14. The molecule has 0 bridgehead atoms. The van der Waals surface area contributed by atoms with Gasteiger partial charge in [0.2, 0.25) is 0 Å². The van der Waals surface area contributed by atoms with Crippen molar-refractivity contribution in [1.82, 2.24) is 5.32 Å². The quantitative estimate of drug-likeness (QED) is 0.809. The molecule has 1 nitrogen and oxygen atoms in total. The number of rotatable bonds is 5. The lowest BCUT2D eigenvalue weighted by Crippen LogP contribution is -2.22. The molecule has 1 rings (SSSR count). The summed E-state index contributed by atoms with van der Waals surface area (Å²) in [5, 5.41) is 3.13. The molecule has 0 aromatic heterocycles. The number of hydrogen-bond donors (Lipinski definition) is 1. The first-order valence-electron chi connectivity index (χ1n) is 5.69. The molecule has 1 aromatic carbocycles. The van der Waals surface area contributed by atoms with Gasteiger partial charge in [-0.1, -0.05) is 19.9 Å². The first-order valence-corrected chi connectivity index (χ1v) is 5.69. The van der Waals surface area contributed by atoms with Crippen LogP contribution in [0, 0.1) is 17.6 Å². The highest BCUT2D eigenvalue weighted by molar-refractivity contribution is 5.22. The molecule has 3 heteroatoms. The van der Waals surface area contributed by atoms with Crippen LogP contribution in [0.2, 0.25) is 0 Å². The standard InChI is InChI=1S/C13H19F2N/c1-9(2)7-8-16-10(3)13-11(14)5-4-6-12(13)15/h4-6,9-10,16H,7-8H2,1-3H3. The Hall–Kier alpha value is -0.960. The summed E-state index contributed by atoms with van der Waals surface area (Å²) in [6.07, 6.45) is 1.00. The molecule has 0 amide bonds. The van der Waals surface area contributed by atoms with Crippen LogP contribution in [-0.2, 0) is 0 Å². The minimum atomic E-state index is -0.482. The van der Waals surface area contributed by atoms with E-state index in [0.29, 0.717) is 5.92 Å². The van der Waals surface area contributed by atoms with Crippen molar-refractivity contribution >= 4 is 0 Å². The predicted octanol–water partition coefficient (Wildman–Crippen LogP) is 3.66. The van der Waals surface area contributed by atoms with Gasteiger partial charge in [-0.05, 0) is 37.9 Å². The van der Waals surface area contributed by atoms with E-state index in [4.69, 9.17) is 0 Å². The molecule has 1 N–H and O–H groups in total. The molecular formula is C13H19F2N. The smallest absolute Gasteiger partial charge is 0.130 e. The van der Waals surface area contributed by atoms with Crippen LogP contribution in [0.4, 0.5) is 8.78 Å². The van der Waals surface area contributed by atoms with Gasteiger partial charge in [0.25, 0.3) is 0 Å². The normalized spacial score (nSPS) is 13.1. The van der Waals surface area contributed by atoms with Crippen molar-refractivity contribution in [3.05, 3.63) is 35.4 Å². The lowest BCUT2D eigenvalue weighted by atomic mass is 10.1. The average molecular weight is 227 g/mol. The molecule has 0 spiro atoms. The zero-order valence-corrected chi connectivity index (χ0v) is 10.1. The van der Waals surface area contributed by atoms with E-state index in [0.717, 1.165) is 13.0 Å². The van der Waals surface area contributed by atoms with E-state index < -0.39 is 11.6 Å². The summed E-state index contributed by atoms with van der Waals surface area (Å²) in [6, 6.07) is 3.67. The number of benzene rings is 1. The van der Waals surface area contributed by atoms with Crippen LogP contribution < -0.4 is 5.32 Å². The maximum absolute atomic E-state index is 13.4. The van der Waals surface area contributed by atoms with Gasteiger partial charge in [0.15, 0.2) is 0 Å². The molecule has 0 saturated heterocycles. The third-order valence-electron chi connectivity index (χ3n) is 2.60. The maximum atomic E-state index is 13.4. The molecule has 1 aromatic rings. The van der Waals surface area contributed by atoms with E-state index in [9.17, 15) is 8.78 Å². The van der Waals surface area contributed by atoms with Crippen molar-refractivity contribution in [3.63, 3.8) is 0 Å². The Bertz CT molecular complexity index is 316. The maximum Gasteiger partial charge on any atom is 0.130 e. The highest BCUT2D eigenvalue weighted by Crippen LogP contribution is 2.20. The minimum Gasteiger partial charge on any atom is -0.310 e. The van der Waals surface area contributed by atoms with Gasteiger partial charge in [-0.25, -0.2) is 8.78 Å². The van der Waals surface area contributed by atoms with Crippen LogP contribution in [-0.4, -0.2) is 6.54 Å². The van der Waals surface area contributed by atoms with Gasteiger partial charge in [0, 0.05) is 11.6 Å². The van der Waals surface area contributed by atoms with Crippen LogP contribution in [0.5, 0.6) is 0 Å². The summed E-state index contributed by atoms with van der Waals surface area (Å²) in [7, 11) is 0. The Balaban J connectivity index is 2.62. The first-order chi connectivity index (χ1) is 7.52. The lowest BCUT2D eigenvalue weighted by molar-refractivity contribution is 0.461. The SMILES string of the molecule is CC(C)CCNC(C)c1c(F)cccc1F. The Labute approximate surface area is 95.9 Å². The topological polar surface area (TPSA) is 12.0 Å². The molecule has 0 radical (unpaired) electrons. The van der Waals surface area contributed by atoms with Crippen molar-refractivity contribution < 1.29 is 8.78 Å². The summed E-state index contributed by atoms with van der Waals surface area (Å²) in [4.78, 5) is 0. The summed E-state index contributed by atoms with van der Waals surface area (Å²) in [5.41, 5.74) is 0.131. The van der Waals surface area contributed by atoms with Crippen molar-refractivity contribution in [2.24, 2.45) is 5.92 Å². The van der Waals surface area contributed by atoms with E-state index in [1.807, 2.05) is 0 Å². The molecular weight excluding hydrogens is 208 g/mol. The third kappa shape index (κ3) is 3.56. The van der Waals surface area contributed by atoms with Crippen molar-refractivity contribution in [3.8, 4) is 0 Å². The first kappa shape index (κ1) is 13.1. The average Bonchev–Trinajstić information content (AvgIpc) is 2.16. The van der Waals surface area contributed by atoms with Gasteiger partial charge >= 0.3 is 0 Å². The Kier molecular flexibility index (Phi) is 4.87. The molecule has 0 aliphatic heterocycles. The third-order valence-corrected chi connectivity index (χ3v) is 2.60. The Morgan fingerprint density at radius 2 is 1.69 bits per heavy atom. The van der Waals surface area contributed by atoms with E-state index in [2.05, 4.69) is 19.2 Å². The van der Waals surface area contributed by atoms with Gasteiger partial charge in [0.05, 0.1) is 0 Å². The zero-order chi connectivity index (χ0) is 12.1. The zero-order valence-electron chi connectivity index (χ0n) is 10.1. The van der Waals surface area contributed by atoms with Gasteiger partial charge in [-0.15, -0.1) is 0 Å². The molecule has 0 aliphatic rings. The van der Waals surface area contributed by atoms with Gasteiger partial charge in [0.1, 0.15) is 11.6 Å². The second-order valence-electron chi connectivity index (χ2n) is 4.49. The van der Waals surface area contributed by atoms with E-state index >= 15 is 0 Å². The van der Waals surface area contributed by atoms with E-state index in [-0.39, 0.29) is 11.6 Å². The number of hydrogen-bond acceptors (Lipinski definition) is 1. The second kappa shape index (κ2) is 5.94. The van der Waals surface area contributed by atoms with E-state index in [1.165, 1.54) is 18.2 Å². The Morgan fingerprint density at radius 1 is 1.12 bits per heavy atom. The van der Waals surface area contributed by atoms with E-state index in [1.54, 1.807) is 6.92 Å². The molecule has 0 saturated carbocycles. The summed E-state index contributed by atoms with van der Waals surface area (Å²) in [5.74, 6) is -0.376. The fourth-order valence-corrected chi connectivity index (χ4v) is 1.61. The molecule has 0 fully saturated rings. The minimum absolute atomic E-state index is 0.131. The van der Waals surface area contributed by atoms with Crippen molar-refractivity contribution in [2.45, 2.75) is 33.2 Å². The molecule has 1 unspecified atom stereocenters.